The minimum absolute atomic E-state index is 0.382. The predicted molar refractivity (Wildman–Crippen MR) is 37.5 cm³/mol. The second-order valence-electron chi connectivity index (χ2n) is 2.64. The molecule has 0 amide bonds. The fourth-order valence-corrected chi connectivity index (χ4v) is 1.28. The molecule has 54 valence electrons. The van der Waals surface area contributed by atoms with E-state index in [0.29, 0.717) is 12.1 Å². The van der Waals surface area contributed by atoms with Crippen LogP contribution in [0.3, 0.4) is 0 Å². The summed E-state index contributed by atoms with van der Waals surface area (Å²) in [5.41, 5.74) is 0. The first-order valence-electron chi connectivity index (χ1n) is 3.61. The van der Waals surface area contributed by atoms with Crippen molar-refractivity contribution in [2.24, 2.45) is 0 Å². The van der Waals surface area contributed by atoms with Crippen molar-refractivity contribution in [3.63, 3.8) is 0 Å². The standard InChI is InChI=1S/C7H15NO/c1-6(9-2)7-4-3-5-8-7/h6-8H,3-5H2,1-2H3/t6-,7?/m1/s1. The normalized spacial score (nSPS) is 30.7. The van der Waals surface area contributed by atoms with Gasteiger partial charge >= 0.3 is 0 Å². The van der Waals surface area contributed by atoms with Crippen LogP contribution in [0, 0.1) is 0 Å². The number of nitrogens with one attached hydrogen (secondary N) is 1. The van der Waals surface area contributed by atoms with Gasteiger partial charge < -0.3 is 10.1 Å². The second kappa shape index (κ2) is 3.18. The largest absolute Gasteiger partial charge is 0.380 e. The van der Waals surface area contributed by atoms with Gasteiger partial charge in [0.05, 0.1) is 6.10 Å². The van der Waals surface area contributed by atoms with Crippen LogP contribution in [0.2, 0.25) is 0 Å². The molecule has 2 heteroatoms. The Labute approximate surface area is 56.6 Å². The fourth-order valence-electron chi connectivity index (χ4n) is 1.28. The van der Waals surface area contributed by atoms with Crippen LogP contribution in [0.1, 0.15) is 19.8 Å². The zero-order valence-corrected chi connectivity index (χ0v) is 6.18. The molecule has 1 N–H and O–H groups in total. The summed E-state index contributed by atoms with van der Waals surface area (Å²) in [5.74, 6) is 0. The molecule has 1 fully saturated rings. The zero-order valence-electron chi connectivity index (χ0n) is 6.18. The summed E-state index contributed by atoms with van der Waals surface area (Å²) in [4.78, 5) is 0. The highest BCUT2D eigenvalue weighted by molar-refractivity contribution is 4.78. The highest BCUT2D eigenvalue weighted by Crippen LogP contribution is 2.10. The molecule has 1 aliphatic rings. The maximum atomic E-state index is 5.17. The first kappa shape index (κ1) is 7.03. The Balaban J connectivity index is 2.24. The lowest BCUT2D eigenvalue weighted by molar-refractivity contribution is 0.0894. The van der Waals surface area contributed by atoms with Gasteiger partial charge in [-0.15, -0.1) is 0 Å². The van der Waals surface area contributed by atoms with Crippen LogP contribution in [0.15, 0.2) is 0 Å². The van der Waals surface area contributed by atoms with Gasteiger partial charge in [0, 0.05) is 13.2 Å². The molecule has 0 aromatic rings. The lowest BCUT2D eigenvalue weighted by Gasteiger charge is -2.16. The molecule has 0 spiro atoms. The van der Waals surface area contributed by atoms with Gasteiger partial charge in [0.15, 0.2) is 0 Å². The van der Waals surface area contributed by atoms with E-state index in [0.717, 1.165) is 0 Å². The quantitative estimate of drug-likeness (QED) is 0.594. The topological polar surface area (TPSA) is 21.3 Å². The van der Waals surface area contributed by atoms with Crippen molar-refractivity contribution in [1.29, 1.82) is 0 Å². The average Bonchev–Trinajstić information content (AvgIpc) is 2.37. The molecule has 2 nitrogen and oxygen atoms in total. The molecule has 1 heterocycles. The number of hydrogen-bond acceptors (Lipinski definition) is 2. The van der Waals surface area contributed by atoms with Crippen molar-refractivity contribution in [2.75, 3.05) is 13.7 Å². The number of ether oxygens (including phenoxy) is 1. The monoisotopic (exact) mass is 129 g/mol. The van der Waals surface area contributed by atoms with Gasteiger partial charge in [-0.1, -0.05) is 0 Å². The summed E-state index contributed by atoms with van der Waals surface area (Å²) < 4.78 is 5.17. The van der Waals surface area contributed by atoms with E-state index < -0.39 is 0 Å². The first-order valence-corrected chi connectivity index (χ1v) is 3.61. The molecule has 1 saturated heterocycles. The van der Waals surface area contributed by atoms with Crippen LogP contribution in [-0.2, 0) is 4.74 Å². The fraction of sp³-hybridized carbons (Fsp3) is 1.00. The third kappa shape index (κ3) is 1.66. The van der Waals surface area contributed by atoms with Crippen LogP contribution in [0.5, 0.6) is 0 Å². The van der Waals surface area contributed by atoms with Gasteiger partial charge in [0.1, 0.15) is 0 Å². The van der Waals surface area contributed by atoms with Crippen LogP contribution in [0.25, 0.3) is 0 Å². The smallest absolute Gasteiger partial charge is 0.0696 e. The second-order valence-corrected chi connectivity index (χ2v) is 2.64. The minimum atomic E-state index is 0.382. The summed E-state index contributed by atoms with van der Waals surface area (Å²) >= 11 is 0. The van der Waals surface area contributed by atoms with E-state index in [1.807, 2.05) is 0 Å². The Kier molecular flexibility index (Phi) is 2.49. The molecule has 0 aliphatic carbocycles. The Bertz CT molecular complexity index is 79.0. The van der Waals surface area contributed by atoms with Crippen LogP contribution in [-0.4, -0.2) is 25.8 Å². The van der Waals surface area contributed by atoms with E-state index in [9.17, 15) is 0 Å². The van der Waals surface area contributed by atoms with E-state index in [1.54, 1.807) is 7.11 Å². The van der Waals surface area contributed by atoms with E-state index in [-0.39, 0.29) is 0 Å². The first-order chi connectivity index (χ1) is 4.34. The summed E-state index contributed by atoms with van der Waals surface area (Å²) in [7, 11) is 1.77. The van der Waals surface area contributed by atoms with Gasteiger partial charge in [0.2, 0.25) is 0 Å². The van der Waals surface area contributed by atoms with E-state index >= 15 is 0 Å². The third-order valence-electron chi connectivity index (χ3n) is 2.04. The van der Waals surface area contributed by atoms with Gasteiger partial charge in [-0.3, -0.25) is 0 Å². The highest BCUT2D eigenvalue weighted by Gasteiger charge is 2.19. The maximum absolute atomic E-state index is 5.17. The molecule has 0 aromatic heterocycles. The minimum Gasteiger partial charge on any atom is -0.380 e. The van der Waals surface area contributed by atoms with Crippen LogP contribution >= 0.6 is 0 Å². The summed E-state index contributed by atoms with van der Waals surface area (Å²) in [6.07, 6.45) is 2.96. The lowest BCUT2D eigenvalue weighted by atomic mass is 10.1. The van der Waals surface area contributed by atoms with Crippen molar-refractivity contribution < 1.29 is 4.74 Å². The molecule has 0 saturated carbocycles. The predicted octanol–water partition coefficient (Wildman–Crippen LogP) is 0.773. The number of hydrogen-bond donors (Lipinski definition) is 1. The molecule has 1 unspecified atom stereocenters. The summed E-state index contributed by atoms with van der Waals surface area (Å²) in [5, 5.41) is 3.38. The number of rotatable bonds is 2. The van der Waals surface area contributed by atoms with Gasteiger partial charge in [-0.25, -0.2) is 0 Å². The molecule has 9 heavy (non-hydrogen) atoms. The van der Waals surface area contributed by atoms with Crippen LogP contribution < -0.4 is 5.32 Å². The van der Waals surface area contributed by atoms with Gasteiger partial charge in [-0.05, 0) is 26.3 Å². The molecule has 0 aromatic carbocycles. The number of methoxy groups -OCH3 is 1. The Morgan fingerprint density at radius 3 is 2.89 bits per heavy atom. The molecular weight excluding hydrogens is 114 g/mol. The molecule has 1 rings (SSSR count). The highest BCUT2D eigenvalue weighted by atomic mass is 16.5. The summed E-state index contributed by atoms with van der Waals surface area (Å²) in [6.45, 7) is 3.28. The van der Waals surface area contributed by atoms with Crippen molar-refractivity contribution >= 4 is 0 Å². The Morgan fingerprint density at radius 2 is 2.44 bits per heavy atom. The summed E-state index contributed by atoms with van der Waals surface area (Å²) in [6, 6.07) is 0.606. The van der Waals surface area contributed by atoms with Crippen LogP contribution in [0.4, 0.5) is 0 Å². The third-order valence-corrected chi connectivity index (χ3v) is 2.04. The molecular formula is C7H15NO. The van der Waals surface area contributed by atoms with Crippen molar-refractivity contribution in [3.8, 4) is 0 Å². The molecule has 0 bridgehead atoms. The lowest BCUT2D eigenvalue weighted by Crippen LogP contribution is -2.33. The van der Waals surface area contributed by atoms with E-state index in [1.165, 1.54) is 19.4 Å². The van der Waals surface area contributed by atoms with Gasteiger partial charge in [0.25, 0.3) is 0 Å². The Hall–Kier alpha value is -0.0800. The van der Waals surface area contributed by atoms with E-state index in [4.69, 9.17) is 4.74 Å². The van der Waals surface area contributed by atoms with Crippen molar-refractivity contribution in [3.05, 3.63) is 0 Å². The molecule has 1 aliphatic heterocycles. The average molecular weight is 129 g/mol. The molecule has 2 atom stereocenters. The maximum Gasteiger partial charge on any atom is 0.0696 e. The van der Waals surface area contributed by atoms with Crippen molar-refractivity contribution in [2.45, 2.75) is 31.9 Å². The SMILES string of the molecule is CO[C@H](C)C1CCCN1. The van der Waals surface area contributed by atoms with Crippen molar-refractivity contribution in [1.82, 2.24) is 5.32 Å². The zero-order chi connectivity index (χ0) is 6.69. The van der Waals surface area contributed by atoms with Gasteiger partial charge in [-0.2, -0.15) is 0 Å². The van der Waals surface area contributed by atoms with E-state index in [2.05, 4.69) is 12.2 Å². The molecule has 0 radical (unpaired) electrons. The Morgan fingerprint density at radius 1 is 1.67 bits per heavy atom.